The van der Waals surface area contributed by atoms with E-state index in [1.807, 2.05) is 24.3 Å². The Morgan fingerprint density at radius 2 is 1.35 bits per heavy atom. The molecule has 0 amide bonds. The Kier molecular flexibility index (Phi) is 7.03. The van der Waals surface area contributed by atoms with Crippen LogP contribution in [0.3, 0.4) is 0 Å². The van der Waals surface area contributed by atoms with Gasteiger partial charge in [-0.2, -0.15) is 15.8 Å². The average molecular weight is 656 g/mol. The Morgan fingerprint density at radius 3 is 2.14 bits per heavy atom. The molecule has 0 radical (unpaired) electrons. The number of allylic oxidation sites excluding steroid dienone is 6. The molecule has 51 heavy (non-hydrogen) atoms. The van der Waals surface area contributed by atoms with Gasteiger partial charge in [0.25, 0.3) is 0 Å². The van der Waals surface area contributed by atoms with Crippen molar-refractivity contribution in [3.8, 4) is 29.3 Å². The van der Waals surface area contributed by atoms with E-state index in [9.17, 15) is 15.8 Å². The summed E-state index contributed by atoms with van der Waals surface area (Å²) in [6, 6.07) is 39.1. The summed E-state index contributed by atoms with van der Waals surface area (Å²) in [6.07, 6.45) is 21.3. The van der Waals surface area contributed by atoms with Crippen LogP contribution in [0, 0.1) is 34.0 Å². The maximum absolute atomic E-state index is 10.7. The van der Waals surface area contributed by atoms with E-state index in [0.717, 1.165) is 33.6 Å². The zero-order chi connectivity index (χ0) is 34.7. The van der Waals surface area contributed by atoms with Gasteiger partial charge in [0.2, 0.25) is 0 Å². The van der Waals surface area contributed by atoms with Crippen molar-refractivity contribution in [1.29, 1.82) is 15.8 Å². The van der Waals surface area contributed by atoms with E-state index in [2.05, 4.69) is 162 Å². The molecule has 4 aromatic rings. The Hall–Kier alpha value is -6.61. The van der Waals surface area contributed by atoms with Crippen molar-refractivity contribution < 1.29 is 0 Å². The maximum Gasteiger partial charge on any atom is 0.100 e. The van der Waals surface area contributed by atoms with Crippen molar-refractivity contribution >= 4 is 17.1 Å². The lowest BCUT2D eigenvalue weighted by Crippen LogP contribution is -2.54. The molecule has 0 fully saturated rings. The van der Waals surface area contributed by atoms with E-state index in [0.29, 0.717) is 22.6 Å². The molecular formula is C46H33N5. The summed E-state index contributed by atoms with van der Waals surface area (Å²) in [5, 5.41) is 30.7. The van der Waals surface area contributed by atoms with Gasteiger partial charge < -0.3 is 9.80 Å². The highest BCUT2D eigenvalue weighted by atomic mass is 15.3. The summed E-state index contributed by atoms with van der Waals surface area (Å²) >= 11 is 0. The van der Waals surface area contributed by atoms with Gasteiger partial charge in [0.15, 0.2) is 0 Å². The van der Waals surface area contributed by atoms with Gasteiger partial charge in [-0.25, -0.2) is 0 Å². The van der Waals surface area contributed by atoms with Crippen molar-refractivity contribution in [2.24, 2.45) is 0 Å². The molecule has 9 rings (SSSR count). The highest BCUT2D eigenvalue weighted by Gasteiger charge is 2.51. The van der Waals surface area contributed by atoms with E-state index in [4.69, 9.17) is 0 Å². The topological polar surface area (TPSA) is 77.8 Å². The van der Waals surface area contributed by atoms with E-state index in [1.54, 1.807) is 0 Å². The van der Waals surface area contributed by atoms with Crippen LogP contribution in [0.1, 0.15) is 46.9 Å². The number of rotatable bonds is 4. The molecule has 2 aliphatic heterocycles. The van der Waals surface area contributed by atoms with Crippen LogP contribution in [0.2, 0.25) is 0 Å². The van der Waals surface area contributed by atoms with Crippen LogP contribution in [0.15, 0.2) is 163 Å². The number of anilines is 3. The Bertz CT molecular complexity index is 2440. The highest BCUT2D eigenvalue weighted by molar-refractivity contribution is 5.79. The van der Waals surface area contributed by atoms with Gasteiger partial charge in [-0.3, -0.25) is 0 Å². The quantitative estimate of drug-likeness (QED) is 0.219. The van der Waals surface area contributed by atoms with E-state index in [1.165, 1.54) is 11.3 Å². The van der Waals surface area contributed by atoms with Crippen molar-refractivity contribution in [2.45, 2.75) is 42.3 Å². The van der Waals surface area contributed by atoms with Crippen LogP contribution in [0.4, 0.5) is 17.1 Å². The predicted molar refractivity (Wildman–Crippen MR) is 202 cm³/mol. The van der Waals surface area contributed by atoms with Gasteiger partial charge in [0, 0.05) is 34.8 Å². The third kappa shape index (κ3) is 4.58. The number of nitrogens with zero attached hydrogens (tertiary/aromatic N) is 5. The summed E-state index contributed by atoms with van der Waals surface area (Å²) in [5.41, 5.74) is 9.68. The van der Waals surface area contributed by atoms with Gasteiger partial charge in [-0.1, -0.05) is 109 Å². The van der Waals surface area contributed by atoms with Crippen LogP contribution in [0.5, 0.6) is 0 Å². The molecule has 0 bridgehead atoms. The number of para-hydroxylation sites is 1. The van der Waals surface area contributed by atoms with Crippen molar-refractivity contribution in [1.82, 2.24) is 0 Å². The second kappa shape index (κ2) is 11.8. The molecule has 6 atom stereocenters. The monoisotopic (exact) mass is 655 g/mol. The van der Waals surface area contributed by atoms with Crippen LogP contribution in [0.25, 0.3) is 11.1 Å². The first kappa shape index (κ1) is 30.4. The summed E-state index contributed by atoms with van der Waals surface area (Å²) in [5.74, 6) is -0.0656. The van der Waals surface area contributed by atoms with Gasteiger partial charge in [-0.05, 0) is 77.2 Å². The number of fused-ring (bicyclic) bond motifs is 6. The highest BCUT2D eigenvalue weighted by Crippen LogP contribution is 2.54. The zero-order valence-corrected chi connectivity index (χ0v) is 28.1. The molecule has 4 aromatic carbocycles. The van der Waals surface area contributed by atoms with Gasteiger partial charge in [0.05, 0.1) is 46.5 Å². The fourth-order valence-electron chi connectivity index (χ4n) is 9.14. The molecule has 3 aliphatic carbocycles. The molecule has 0 saturated heterocycles. The van der Waals surface area contributed by atoms with Gasteiger partial charge in [-0.15, -0.1) is 0 Å². The minimum absolute atomic E-state index is 0.0182. The van der Waals surface area contributed by atoms with E-state index < -0.39 is 11.5 Å². The van der Waals surface area contributed by atoms with Crippen LogP contribution >= 0.6 is 0 Å². The number of nitriles is 3. The fourth-order valence-corrected chi connectivity index (χ4v) is 9.14. The van der Waals surface area contributed by atoms with E-state index in [-0.39, 0.29) is 18.0 Å². The molecule has 2 heterocycles. The normalized spacial score (nSPS) is 26.2. The molecule has 0 saturated carbocycles. The lowest BCUT2D eigenvalue weighted by Gasteiger charge is -2.49. The smallest absolute Gasteiger partial charge is 0.100 e. The molecule has 5 aliphatic rings. The third-order valence-corrected chi connectivity index (χ3v) is 11.3. The largest absolute Gasteiger partial charge is 0.354 e. The predicted octanol–water partition coefficient (Wildman–Crippen LogP) is 9.81. The second-order valence-corrected chi connectivity index (χ2v) is 14.0. The molecule has 0 aromatic heterocycles. The standard InChI is InChI=1S/C46H33N5/c1-46(51-43-19-7-4-16-38(43)39-24-30(27-47)20-21-44(39)51)23-22-34(28-48)40(29-49)45(46)33-12-8-10-31(25-33)32-11-9-13-35(26-32)50-41-17-5-2-14-36(41)37-15-3-6-18-42(37)50/h2-26,36,38,41,43,45H,1H3. The molecular weight excluding hydrogens is 623 g/mol. The molecule has 6 unspecified atom stereocenters. The zero-order valence-electron chi connectivity index (χ0n) is 28.1. The number of hydrogen-bond donors (Lipinski definition) is 0. The first-order valence-electron chi connectivity index (χ1n) is 17.4. The van der Waals surface area contributed by atoms with Crippen LogP contribution in [-0.2, 0) is 0 Å². The van der Waals surface area contributed by atoms with Gasteiger partial charge in [0.1, 0.15) is 6.07 Å². The lowest BCUT2D eigenvalue weighted by atomic mass is 9.69. The molecule has 0 N–H and O–H groups in total. The minimum Gasteiger partial charge on any atom is -0.354 e. The van der Waals surface area contributed by atoms with Crippen LogP contribution in [-0.4, -0.2) is 17.6 Å². The number of hydrogen-bond acceptors (Lipinski definition) is 5. The summed E-state index contributed by atoms with van der Waals surface area (Å²) in [7, 11) is 0. The maximum atomic E-state index is 10.7. The Labute approximate surface area is 298 Å². The first-order valence-corrected chi connectivity index (χ1v) is 17.4. The summed E-state index contributed by atoms with van der Waals surface area (Å²) in [6.45, 7) is 2.18. The van der Waals surface area contributed by atoms with Crippen LogP contribution < -0.4 is 9.80 Å². The number of benzene rings is 4. The fraction of sp³-hybridized carbons (Fsp3) is 0.152. The van der Waals surface area contributed by atoms with E-state index >= 15 is 0 Å². The molecule has 242 valence electrons. The minimum atomic E-state index is -0.709. The average Bonchev–Trinajstić information content (AvgIpc) is 3.71. The van der Waals surface area contributed by atoms with Crippen molar-refractivity contribution in [2.75, 3.05) is 9.80 Å². The van der Waals surface area contributed by atoms with Crippen molar-refractivity contribution in [3.05, 3.63) is 185 Å². The first-order chi connectivity index (χ1) is 25.0. The Balaban J connectivity index is 1.16. The third-order valence-electron chi connectivity index (χ3n) is 11.3. The summed E-state index contributed by atoms with van der Waals surface area (Å²) in [4.78, 5) is 4.85. The summed E-state index contributed by atoms with van der Waals surface area (Å²) < 4.78 is 0. The Morgan fingerprint density at radius 1 is 0.627 bits per heavy atom. The second-order valence-electron chi connectivity index (χ2n) is 14.0. The molecule has 0 spiro atoms. The lowest BCUT2D eigenvalue weighted by molar-refractivity contribution is 0.431. The molecule has 5 heteroatoms. The van der Waals surface area contributed by atoms with Gasteiger partial charge >= 0.3 is 0 Å². The van der Waals surface area contributed by atoms with Crippen molar-refractivity contribution in [3.63, 3.8) is 0 Å². The molecule has 5 nitrogen and oxygen atoms in total. The SMILES string of the molecule is CC1(N2c3ccc(C#N)cc3C3C=CC=CC32)C=CC(C#N)=C(C#N)C1c1cccc(-c2cccc(N3c4ccccc4C4C=CC=CC43)c2)c1.